The van der Waals surface area contributed by atoms with Crippen molar-refractivity contribution < 1.29 is 13.9 Å². The van der Waals surface area contributed by atoms with Crippen molar-refractivity contribution in [3.05, 3.63) is 35.4 Å². The van der Waals surface area contributed by atoms with Crippen LogP contribution in [0.5, 0.6) is 0 Å². The molecule has 0 saturated heterocycles. The van der Waals surface area contributed by atoms with Gasteiger partial charge in [0.2, 0.25) is 0 Å². The summed E-state index contributed by atoms with van der Waals surface area (Å²) in [4.78, 5) is 0. The summed E-state index contributed by atoms with van der Waals surface area (Å²) in [6.45, 7) is 4.05. The molecule has 2 unspecified atom stereocenters. The lowest BCUT2D eigenvalue weighted by Gasteiger charge is -2.30. The van der Waals surface area contributed by atoms with Crippen LogP contribution in [-0.4, -0.2) is 17.2 Å². The molecule has 0 aliphatic heterocycles. The summed E-state index contributed by atoms with van der Waals surface area (Å²) in [6, 6.07) is 3.88. The minimum atomic E-state index is -0.912. The number of halogens is 2. The van der Waals surface area contributed by atoms with E-state index in [1.54, 1.807) is 0 Å². The maximum atomic E-state index is 13.3. The molecule has 0 spiro atoms. The first-order chi connectivity index (χ1) is 9.49. The minimum absolute atomic E-state index is 0.150. The van der Waals surface area contributed by atoms with E-state index < -0.39 is 17.7 Å². The van der Waals surface area contributed by atoms with Gasteiger partial charge in [-0.2, -0.15) is 0 Å². The Morgan fingerprint density at radius 1 is 1.15 bits per heavy atom. The Morgan fingerprint density at radius 2 is 1.80 bits per heavy atom. The first-order valence-corrected chi connectivity index (χ1v) is 7.38. The fourth-order valence-electron chi connectivity index (χ4n) is 2.92. The zero-order valence-electron chi connectivity index (χ0n) is 12.1. The smallest absolute Gasteiger partial charge is 0.159 e. The van der Waals surface area contributed by atoms with E-state index in [2.05, 4.69) is 5.32 Å². The first kappa shape index (κ1) is 15.4. The Hall–Kier alpha value is -1.00. The van der Waals surface area contributed by atoms with Gasteiger partial charge >= 0.3 is 0 Å². The van der Waals surface area contributed by atoms with Gasteiger partial charge in [-0.1, -0.05) is 32.8 Å². The molecule has 2 N–H and O–H groups in total. The van der Waals surface area contributed by atoms with Crippen LogP contribution in [0.25, 0.3) is 0 Å². The first-order valence-electron chi connectivity index (χ1n) is 7.38. The van der Waals surface area contributed by atoms with E-state index in [0.717, 1.165) is 25.0 Å². The molecule has 2 nitrogen and oxygen atoms in total. The van der Waals surface area contributed by atoms with E-state index in [0.29, 0.717) is 11.6 Å². The molecule has 0 aromatic heterocycles. The Kier molecular flexibility index (Phi) is 5.11. The van der Waals surface area contributed by atoms with E-state index in [1.165, 1.54) is 18.9 Å². The van der Waals surface area contributed by atoms with Crippen LogP contribution in [0.1, 0.15) is 51.2 Å². The predicted molar refractivity (Wildman–Crippen MR) is 75.3 cm³/mol. The van der Waals surface area contributed by atoms with Gasteiger partial charge in [-0.3, -0.25) is 0 Å². The molecule has 20 heavy (non-hydrogen) atoms. The SMILES string of the molecule is CC(C)C(NC1CCCC1)C(O)c1ccc(F)c(F)c1. The molecule has 4 heteroatoms. The average molecular weight is 283 g/mol. The molecule has 1 fully saturated rings. The molecule has 0 radical (unpaired) electrons. The standard InChI is InChI=1S/C16H23F2NO/c1-10(2)15(19-12-5-3-4-6-12)16(20)11-7-8-13(17)14(18)9-11/h7-10,12,15-16,19-20H,3-6H2,1-2H3. The fourth-order valence-corrected chi connectivity index (χ4v) is 2.92. The molecule has 112 valence electrons. The second-order valence-electron chi connectivity index (χ2n) is 6.04. The van der Waals surface area contributed by atoms with E-state index in [-0.39, 0.29) is 12.0 Å². The second-order valence-corrected chi connectivity index (χ2v) is 6.04. The van der Waals surface area contributed by atoms with Crippen molar-refractivity contribution in [2.75, 3.05) is 0 Å². The van der Waals surface area contributed by atoms with E-state index in [9.17, 15) is 13.9 Å². The molecular weight excluding hydrogens is 260 g/mol. The molecular formula is C16H23F2NO. The van der Waals surface area contributed by atoms with Crippen molar-refractivity contribution in [1.29, 1.82) is 0 Å². The maximum absolute atomic E-state index is 13.3. The highest BCUT2D eigenvalue weighted by atomic mass is 19.2. The average Bonchev–Trinajstić information content (AvgIpc) is 2.91. The minimum Gasteiger partial charge on any atom is -0.387 e. The van der Waals surface area contributed by atoms with Gasteiger partial charge in [-0.25, -0.2) is 8.78 Å². The normalized spacial score (nSPS) is 19.5. The number of benzene rings is 1. The van der Waals surface area contributed by atoms with Gasteiger partial charge in [-0.15, -0.1) is 0 Å². The van der Waals surface area contributed by atoms with Crippen LogP contribution in [0.15, 0.2) is 18.2 Å². The zero-order valence-corrected chi connectivity index (χ0v) is 12.1. The number of hydrogen-bond acceptors (Lipinski definition) is 2. The van der Waals surface area contributed by atoms with Crippen LogP contribution in [-0.2, 0) is 0 Å². The number of aliphatic hydroxyl groups excluding tert-OH is 1. The van der Waals surface area contributed by atoms with E-state index >= 15 is 0 Å². The lowest BCUT2D eigenvalue weighted by atomic mass is 9.92. The summed E-state index contributed by atoms with van der Waals surface area (Å²) in [6.07, 6.45) is 3.83. The Labute approximate surface area is 119 Å². The summed E-state index contributed by atoms with van der Waals surface area (Å²) in [5.74, 6) is -1.59. The zero-order chi connectivity index (χ0) is 14.7. The molecule has 0 bridgehead atoms. The summed E-state index contributed by atoms with van der Waals surface area (Å²) in [5, 5.41) is 14.0. The highest BCUT2D eigenvalue weighted by Gasteiger charge is 2.28. The third kappa shape index (κ3) is 3.55. The molecule has 1 saturated carbocycles. The van der Waals surface area contributed by atoms with Crippen molar-refractivity contribution in [2.24, 2.45) is 5.92 Å². The highest BCUT2D eigenvalue weighted by molar-refractivity contribution is 5.21. The van der Waals surface area contributed by atoms with Crippen LogP contribution >= 0.6 is 0 Å². The Bertz CT molecular complexity index is 444. The van der Waals surface area contributed by atoms with Crippen molar-refractivity contribution in [3.8, 4) is 0 Å². The maximum Gasteiger partial charge on any atom is 0.159 e. The Morgan fingerprint density at radius 3 is 2.35 bits per heavy atom. The number of hydrogen-bond donors (Lipinski definition) is 2. The molecule has 1 aliphatic carbocycles. The molecule has 1 aromatic carbocycles. The lowest BCUT2D eigenvalue weighted by molar-refractivity contribution is 0.0976. The number of nitrogens with one attached hydrogen (secondary N) is 1. The van der Waals surface area contributed by atoms with Crippen LogP contribution in [0.4, 0.5) is 8.78 Å². The molecule has 1 aromatic rings. The predicted octanol–water partition coefficient (Wildman–Crippen LogP) is 3.56. The van der Waals surface area contributed by atoms with Crippen LogP contribution in [0, 0.1) is 17.6 Å². The summed E-state index contributed by atoms with van der Waals surface area (Å²) in [7, 11) is 0. The third-order valence-electron chi connectivity index (χ3n) is 4.13. The lowest BCUT2D eigenvalue weighted by Crippen LogP contribution is -2.44. The van der Waals surface area contributed by atoms with Crippen LogP contribution < -0.4 is 5.32 Å². The molecule has 0 amide bonds. The largest absolute Gasteiger partial charge is 0.387 e. The molecule has 1 aliphatic rings. The van der Waals surface area contributed by atoms with Crippen molar-refractivity contribution in [1.82, 2.24) is 5.32 Å². The van der Waals surface area contributed by atoms with Crippen LogP contribution in [0.3, 0.4) is 0 Å². The quantitative estimate of drug-likeness (QED) is 0.866. The van der Waals surface area contributed by atoms with Crippen molar-refractivity contribution in [2.45, 2.75) is 57.7 Å². The highest BCUT2D eigenvalue weighted by Crippen LogP contribution is 2.26. The second kappa shape index (κ2) is 6.64. The monoisotopic (exact) mass is 283 g/mol. The van der Waals surface area contributed by atoms with E-state index in [1.807, 2.05) is 13.8 Å². The van der Waals surface area contributed by atoms with Gasteiger partial charge in [0.1, 0.15) is 0 Å². The van der Waals surface area contributed by atoms with Crippen molar-refractivity contribution in [3.63, 3.8) is 0 Å². The van der Waals surface area contributed by atoms with Gasteiger partial charge < -0.3 is 10.4 Å². The van der Waals surface area contributed by atoms with Gasteiger partial charge in [0.15, 0.2) is 11.6 Å². The molecule has 0 heterocycles. The topological polar surface area (TPSA) is 32.3 Å². The molecule has 2 atom stereocenters. The summed E-state index contributed by atoms with van der Waals surface area (Å²) >= 11 is 0. The summed E-state index contributed by atoms with van der Waals surface area (Å²) in [5.41, 5.74) is 0.424. The van der Waals surface area contributed by atoms with Crippen molar-refractivity contribution >= 4 is 0 Å². The van der Waals surface area contributed by atoms with Gasteiger partial charge in [-0.05, 0) is 36.5 Å². The summed E-state index contributed by atoms with van der Waals surface area (Å²) < 4.78 is 26.3. The fraction of sp³-hybridized carbons (Fsp3) is 0.625. The molecule has 2 rings (SSSR count). The van der Waals surface area contributed by atoms with Gasteiger partial charge in [0.25, 0.3) is 0 Å². The number of aliphatic hydroxyl groups is 1. The van der Waals surface area contributed by atoms with Crippen LogP contribution in [0.2, 0.25) is 0 Å². The van der Waals surface area contributed by atoms with Gasteiger partial charge in [0, 0.05) is 12.1 Å². The number of rotatable bonds is 5. The van der Waals surface area contributed by atoms with Gasteiger partial charge in [0.05, 0.1) is 6.10 Å². The van der Waals surface area contributed by atoms with E-state index in [4.69, 9.17) is 0 Å². The third-order valence-corrected chi connectivity index (χ3v) is 4.13. The Balaban J connectivity index is 2.12.